The van der Waals surface area contributed by atoms with Crippen molar-refractivity contribution in [2.45, 2.75) is 0 Å². The van der Waals surface area contributed by atoms with Crippen molar-refractivity contribution in [3.8, 4) is 0 Å². The van der Waals surface area contributed by atoms with E-state index >= 15 is 0 Å². The number of hydrogen-bond acceptors (Lipinski definition) is 2. The zero-order chi connectivity index (χ0) is 15.6. The molecule has 0 aliphatic rings. The van der Waals surface area contributed by atoms with Crippen LogP contribution in [0, 0.1) is 5.82 Å². The number of benzene rings is 2. The molecule has 0 atom stereocenters. The Hall–Kier alpha value is -1.31. The number of rotatable bonds is 3. The molecule has 0 saturated carbocycles. The first-order chi connectivity index (χ1) is 9.88. The second-order valence-corrected chi connectivity index (χ2v) is 6.40. The number of hydrogen-bond donors (Lipinski definition) is 2. The summed E-state index contributed by atoms with van der Waals surface area (Å²) in [6.07, 6.45) is 0. The Morgan fingerprint density at radius 2 is 1.67 bits per heavy atom. The van der Waals surface area contributed by atoms with Crippen LogP contribution in [0.2, 0.25) is 0 Å². The van der Waals surface area contributed by atoms with Gasteiger partial charge < -0.3 is 11.1 Å². The summed E-state index contributed by atoms with van der Waals surface area (Å²) in [5.74, 6) is -1.18. The van der Waals surface area contributed by atoms with E-state index in [2.05, 4.69) is 37.2 Å². The topological polar surface area (TPSA) is 55.1 Å². The molecule has 0 aliphatic carbocycles. The lowest BCUT2D eigenvalue weighted by Gasteiger charge is -2.11. The minimum absolute atomic E-state index is 0.0683. The molecule has 2 rings (SSSR count). The predicted molar refractivity (Wildman–Crippen MR) is 92.1 cm³/mol. The summed E-state index contributed by atoms with van der Waals surface area (Å²) in [5, 5.41) is 2.62. The fourth-order valence-electron chi connectivity index (χ4n) is 1.69. The van der Waals surface area contributed by atoms with E-state index in [0.717, 1.165) is 4.47 Å². The third kappa shape index (κ3) is 3.87. The highest BCUT2D eigenvalue weighted by Gasteiger charge is 2.15. The van der Waals surface area contributed by atoms with Gasteiger partial charge in [-0.1, -0.05) is 44.1 Å². The van der Waals surface area contributed by atoms with Crippen LogP contribution in [0.3, 0.4) is 0 Å². The van der Waals surface area contributed by atoms with Crippen molar-refractivity contribution in [2.24, 2.45) is 5.73 Å². The summed E-state index contributed by atoms with van der Waals surface area (Å²) in [5.41, 5.74) is 6.49. The zero-order valence-electron chi connectivity index (χ0n) is 10.5. The van der Waals surface area contributed by atoms with Crippen LogP contribution in [0.4, 0.5) is 10.1 Å². The van der Waals surface area contributed by atoms with Gasteiger partial charge in [0.1, 0.15) is 10.8 Å². The number of thiocarbonyl (C=S) groups is 1. The first kappa shape index (κ1) is 16.1. The van der Waals surface area contributed by atoms with Gasteiger partial charge in [0.2, 0.25) is 0 Å². The molecule has 0 fully saturated rings. The lowest BCUT2D eigenvalue weighted by Crippen LogP contribution is -2.18. The van der Waals surface area contributed by atoms with Crippen molar-refractivity contribution in [1.82, 2.24) is 0 Å². The number of nitrogens with one attached hydrogen (secondary N) is 1. The number of anilines is 1. The van der Waals surface area contributed by atoms with Gasteiger partial charge in [0.25, 0.3) is 5.91 Å². The van der Waals surface area contributed by atoms with Crippen LogP contribution in [0.5, 0.6) is 0 Å². The summed E-state index contributed by atoms with van der Waals surface area (Å²) < 4.78 is 15.1. The fraction of sp³-hybridized carbons (Fsp3) is 0. The molecule has 0 radical (unpaired) electrons. The molecular weight excluding hydrogens is 423 g/mol. The van der Waals surface area contributed by atoms with E-state index in [9.17, 15) is 9.18 Å². The number of carbonyl (C=O) groups is 1. The minimum Gasteiger partial charge on any atom is -0.389 e. The van der Waals surface area contributed by atoms with Crippen LogP contribution in [0.15, 0.2) is 45.3 Å². The fourth-order valence-corrected chi connectivity index (χ4v) is 2.58. The van der Waals surface area contributed by atoms with E-state index in [1.54, 1.807) is 18.2 Å². The zero-order valence-corrected chi connectivity index (χ0v) is 14.5. The van der Waals surface area contributed by atoms with Crippen molar-refractivity contribution in [3.63, 3.8) is 0 Å². The van der Waals surface area contributed by atoms with Crippen LogP contribution in [-0.4, -0.2) is 10.9 Å². The van der Waals surface area contributed by atoms with Crippen molar-refractivity contribution in [2.75, 3.05) is 5.32 Å². The van der Waals surface area contributed by atoms with E-state index in [4.69, 9.17) is 18.0 Å². The van der Waals surface area contributed by atoms with Crippen LogP contribution in [0.25, 0.3) is 0 Å². The van der Waals surface area contributed by atoms with Crippen LogP contribution < -0.4 is 11.1 Å². The molecule has 0 spiro atoms. The normalized spacial score (nSPS) is 10.2. The van der Waals surface area contributed by atoms with Gasteiger partial charge in [-0.2, -0.15) is 0 Å². The van der Waals surface area contributed by atoms with E-state index in [-0.39, 0.29) is 10.6 Å². The SMILES string of the molecule is NC(=S)c1cc(Br)ccc1NC(=O)c1cc(Br)ccc1F. The average molecular weight is 432 g/mol. The smallest absolute Gasteiger partial charge is 0.258 e. The molecular formula is C14H9Br2FN2OS. The van der Waals surface area contributed by atoms with Gasteiger partial charge >= 0.3 is 0 Å². The molecule has 1 amide bonds. The molecule has 0 aliphatic heterocycles. The van der Waals surface area contributed by atoms with Crippen LogP contribution in [0.1, 0.15) is 15.9 Å². The molecule has 0 saturated heterocycles. The van der Waals surface area contributed by atoms with Gasteiger partial charge in [-0.3, -0.25) is 4.79 Å². The molecule has 0 heterocycles. The van der Waals surface area contributed by atoms with E-state index < -0.39 is 11.7 Å². The monoisotopic (exact) mass is 430 g/mol. The Morgan fingerprint density at radius 1 is 1.10 bits per heavy atom. The maximum atomic E-state index is 13.7. The van der Waals surface area contributed by atoms with Gasteiger partial charge in [0.05, 0.1) is 11.3 Å². The highest BCUT2D eigenvalue weighted by molar-refractivity contribution is 9.10. The lowest BCUT2D eigenvalue weighted by atomic mass is 10.1. The standard InChI is InChI=1S/C14H9Br2FN2OS/c15-7-1-3-11(17)9(5-7)14(20)19-12-4-2-8(16)6-10(12)13(18)21/h1-6H,(H2,18,21)(H,19,20). The third-order valence-corrected chi connectivity index (χ3v) is 3.87. The van der Waals surface area contributed by atoms with Crippen LogP contribution in [-0.2, 0) is 0 Å². The number of nitrogens with two attached hydrogens (primary N) is 1. The molecule has 0 bridgehead atoms. The van der Waals surface area contributed by atoms with Gasteiger partial charge in [0, 0.05) is 14.5 Å². The molecule has 3 N–H and O–H groups in total. The summed E-state index contributed by atoms with van der Waals surface area (Å²) in [4.78, 5) is 12.3. The van der Waals surface area contributed by atoms with E-state index in [1.165, 1.54) is 18.2 Å². The summed E-state index contributed by atoms with van der Waals surface area (Å²) in [6.45, 7) is 0. The number of halogens is 3. The third-order valence-electron chi connectivity index (χ3n) is 2.67. The Kier molecular flexibility index (Phi) is 5.08. The predicted octanol–water partition coefficient (Wildman–Crippen LogP) is 4.24. The minimum atomic E-state index is -0.607. The van der Waals surface area contributed by atoms with Gasteiger partial charge in [0.15, 0.2) is 0 Å². The number of amides is 1. The Labute approximate surface area is 143 Å². The van der Waals surface area contributed by atoms with E-state index in [0.29, 0.717) is 15.7 Å². The molecule has 2 aromatic rings. The Morgan fingerprint density at radius 3 is 2.29 bits per heavy atom. The number of carbonyl (C=O) groups excluding carboxylic acids is 1. The molecule has 3 nitrogen and oxygen atoms in total. The highest BCUT2D eigenvalue weighted by atomic mass is 79.9. The van der Waals surface area contributed by atoms with Crippen LogP contribution >= 0.6 is 44.1 Å². The quantitative estimate of drug-likeness (QED) is 0.714. The maximum absolute atomic E-state index is 13.7. The van der Waals surface area contributed by atoms with Gasteiger partial charge in [-0.05, 0) is 36.4 Å². The highest BCUT2D eigenvalue weighted by Crippen LogP contribution is 2.23. The van der Waals surface area contributed by atoms with Crippen molar-refractivity contribution in [3.05, 3.63) is 62.3 Å². The molecule has 108 valence electrons. The van der Waals surface area contributed by atoms with Crippen molar-refractivity contribution < 1.29 is 9.18 Å². The average Bonchev–Trinajstić information content (AvgIpc) is 2.43. The second-order valence-electron chi connectivity index (χ2n) is 4.13. The maximum Gasteiger partial charge on any atom is 0.258 e. The van der Waals surface area contributed by atoms with Crippen molar-refractivity contribution in [1.29, 1.82) is 0 Å². The van der Waals surface area contributed by atoms with E-state index in [1.807, 2.05) is 0 Å². The molecule has 0 aromatic heterocycles. The largest absolute Gasteiger partial charge is 0.389 e. The second kappa shape index (κ2) is 6.64. The lowest BCUT2D eigenvalue weighted by molar-refractivity contribution is 0.102. The molecule has 0 unspecified atom stereocenters. The Bertz CT molecular complexity index is 737. The first-order valence-electron chi connectivity index (χ1n) is 5.74. The van der Waals surface area contributed by atoms with Gasteiger partial charge in [-0.25, -0.2) is 4.39 Å². The van der Waals surface area contributed by atoms with Gasteiger partial charge in [-0.15, -0.1) is 0 Å². The summed E-state index contributed by atoms with van der Waals surface area (Å²) >= 11 is 11.5. The molecule has 2 aromatic carbocycles. The summed E-state index contributed by atoms with van der Waals surface area (Å²) in [7, 11) is 0. The molecule has 7 heteroatoms. The molecule has 21 heavy (non-hydrogen) atoms. The first-order valence-corrected chi connectivity index (χ1v) is 7.73. The summed E-state index contributed by atoms with van der Waals surface area (Å²) in [6, 6.07) is 9.21. The Balaban J connectivity index is 2.36. The van der Waals surface area contributed by atoms with Crippen molar-refractivity contribution >= 4 is 60.7 Å².